The summed E-state index contributed by atoms with van der Waals surface area (Å²) in [5.41, 5.74) is 0.399. The summed E-state index contributed by atoms with van der Waals surface area (Å²) in [4.78, 5) is 22.0. The fourth-order valence-electron chi connectivity index (χ4n) is 1.57. The van der Waals surface area contributed by atoms with Gasteiger partial charge in [-0.05, 0) is 24.8 Å². The van der Waals surface area contributed by atoms with Gasteiger partial charge in [0, 0.05) is 26.2 Å². The number of aromatic nitrogens is 2. The molecule has 0 saturated heterocycles. The molecule has 0 aliphatic rings. The quantitative estimate of drug-likeness (QED) is 0.760. The molecule has 1 aromatic rings. The third kappa shape index (κ3) is 4.99. The summed E-state index contributed by atoms with van der Waals surface area (Å²) in [6.07, 6.45) is 3.29. The van der Waals surface area contributed by atoms with Gasteiger partial charge in [0.1, 0.15) is 5.69 Å². The molecule has 0 radical (unpaired) electrons. The molecule has 0 bridgehead atoms. The molecule has 0 saturated carbocycles. The second-order valence-electron chi connectivity index (χ2n) is 4.46. The summed E-state index contributed by atoms with van der Waals surface area (Å²) >= 11 is 0. The lowest BCUT2D eigenvalue weighted by molar-refractivity contribution is -0.137. The van der Waals surface area contributed by atoms with Gasteiger partial charge in [-0.15, -0.1) is 0 Å². The smallest absolute Gasteiger partial charge is 0.303 e. The lowest BCUT2D eigenvalue weighted by Gasteiger charge is -2.10. The van der Waals surface area contributed by atoms with E-state index in [-0.39, 0.29) is 18.2 Å². The van der Waals surface area contributed by atoms with Gasteiger partial charge in [0.05, 0.1) is 0 Å². The fraction of sp³-hybridized carbons (Fsp3) is 0.583. The fourth-order valence-corrected chi connectivity index (χ4v) is 1.57. The molecule has 18 heavy (non-hydrogen) atoms. The maximum absolute atomic E-state index is 11.6. The van der Waals surface area contributed by atoms with Gasteiger partial charge in [0.15, 0.2) is 0 Å². The van der Waals surface area contributed by atoms with E-state index in [0.717, 1.165) is 6.42 Å². The van der Waals surface area contributed by atoms with Crippen molar-refractivity contribution in [3.63, 3.8) is 0 Å². The number of nitrogens with one attached hydrogen (secondary N) is 1. The van der Waals surface area contributed by atoms with Crippen molar-refractivity contribution in [2.75, 3.05) is 6.54 Å². The van der Waals surface area contributed by atoms with Gasteiger partial charge in [-0.1, -0.05) is 6.92 Å². The van der Waals surface area contributed by atoms with E-state index in [4.69, 9.17) is 5.11 Å². The molecule has 100 valence electrons. The van der Waals surface area contributed by atoms with Crippen molar-refractivity contribution in [2.45, 2.75) is 26.2 Å². The number of carboxylic acid groups (broad SMARTS) is 1. The van der Waals surface area contributed by atoms with Crippen LogP contribution >= 0.6 is 0 Å². The molecular weight excluding hydrogens is 234 g/mol. The van der Waals surface area contributed by atoms with E-state index in [1.807, 2.05) is 6.92 Å². The van der Waals surface area contributed by atoms with E-state index in [0.29, 0.717) is 18.7 Å². The van der Waals surface area contributed by atoms with Crippen LogP contribution in [0.4, 0.5) is 0 Å². The molecule has 6 heteroatoms. The molecule has 1 unspecified atom stereocenters. The Bertz CT molecular complexity index is 414. The van der Waals surface area contributed by atoms with Crippen molar-refractivity contribution in [1.82, 2.24) is 15.1 Å². The number of nitrogens with zero attached hydrogens (tertiary/aromatic N) is 2. The van der Waals surface area contributed by atoms with E-state index in [2.05, 4.69) is 10.4 Å². The van der Waals surface area contributed by atoms with Gasteiger partial charge in [0.25, 0.3) is 5.91 Å². The highest BCUT2D eigenvalue weighted by Crippen LogP contribution is 2.09. The second kappa shape index (κ2) is 6.78. The summed E-state index contributed by atoms with van der Waals surface area (Å²) in [7, 11) is 1.75. The summed E-state index contributed by atoms with van der Waals surface area (Å²) in [5.74, 6) is -0.689. The number of hydrogen-bond donors (Lipinski definition) is 2. The summed E-state index contributed by atoms with van der Waals surface area (Å²) in [5, 5.41) is 15.3. The van der Waals surface area contributed by atoms with E-state index in [9.17, 15) is 9.59 Å². The highest BCUT2D eigenvalue weighted by Gasteiger charge is 2.09. The maximum atomic E-state index is 11.6. The molecule has 2 N–H and O–H groups in total. The topological polar surface area (TPSA) is 84.2 Å². The first-order valence-electron chi connectivity index (χ1n) is 5.98. The van der Waals surface area contributed by atoms with Gasteiger partial charge < -0.3 is 10.4 Å². The number of carbonyl (C=O) groups excluding carboxylic acids is 1. The average molecular weight is 253 g/mol. The third-order valence-electron chi connectivity index (χ3n) is 2.72. The van der Waals surface area contributed by atoms with Crippen LogP contribution in [-0.2, 0) is 11.8 Å². The Balaban J connectivity index is 2.21. The Labute approximate surface area is 106 Å². The lowest BCUT2D eigenvalue weighted by atomic mass is 10.0. The molecule has 0 aliphatic carbocycles. The highest BCUT2D eigenvalue weighted by molar-refractivity contribution is 5.92. The zero-order valence-electron chi connectivity index (χ0n) is 10.7. The number of rotatable bonds is 7. The van der Waals surface area contributed by atoms with E-state index < -0.39 is 5.97 Å². The molecule has 0 fully saturated rings. The SMILES string of the molecule is CC(CCNC(=O)c1ccn(C)n1)CCC(=O)O. The Hall–Kier alpha value is -1.85. The van der Waals surface area contributed by atoms with Crippen LogP contribution in [0.25, 0.3) is 0 Å². The van der Waals surface area contributed by atoms with Crippen molar-refractivity contribution >= 4 is 11.9 Å². The van der Waals surface area contributed by atoms with Crippen molar-refractivity contribution in [3.8, 4) is 0 Å². The Kier molecular flexibility index (Phi) is 5.35. The molecule has 0 aromatic carbocycles. The average Bonchev–Trinajstić information content (AvgIpc) is 2.73. The van der Waals surface area contributed by atoms with E-state index in [1.165, 1.54) is 0 Å². The molecule has 1 atom stereocenters. The van der Waals surface area contributed by atoms with Gasteiger partial charge >= 0.3 is 5.97 Å². The Morgan fingerprint density at radius 2 is 2.22 bits per heavy atom. The largest absolute Gasteiger partial charge is 0.481 e. The van der Waals surface area contributed by atoms with Gasteiger partial charge in [0.2, 0.25) is 0 Å². The second-order valence-corrected chi connectivity index (χ2v) is 4.46. The first-order valence-corrected chi connectivity index (χ1v) is 5.98. The predicted molar refractivity (Wildman–Crippen MR) is 66.2 cm³/mol. The van der Waals surface area contributed by atoms with Crippen molar-refractivity contribution < 1.29 is 14.7 Å². The van der Waals surface area contributed by atoms with Crippen molar-refractivity contribution in [3.05, 3.63) is 18.0 Å². The highest BCUT2D eigenvalue weighted by atomic mass is 16.4. The maximum Gasteiger partial charge on any atom is 0.303 e. The standard InChI is InChI=1S/C12H19N3O3/c1-9(3-4-11(16)17)5-7-13-12(18)10-6-8-15(2)14-10/h6,8-9H,3-5,7H2,1-2H3,(H,13,18)(H,16,17). The summed E-state index contributed by atoms with van der Waals surface area (Å²) < 4.78 is 1.57. The van der Waals surface area contributed by atoms with Crippen LogP contribution in [0.15, 0.2) is 12.3 Å². The Morgan fingerprint density at radius 1 is 1.50 bits per heavy atom. The number of amides is 1. The molecule has 1 aromatic heterocycles. The van der Waals surface area contributed by atoms with Crippen LogP contribution in [0, 0.1) is 5.92 Å². The number of carboxylic acids is 1. The van der Waals surface area contributed by atoms with Gasteiger partial charge in [-0.25, -0.2) is 0 Å². The molecule has 0 aliphatic heterocycles. The van der Waals surface area contributed by atoms with Gasteiger partial charge in [-0.3, -0.25) is 14.3 Å². The van der Waals surface area contributed by atoms with Crippen LogP contribution in [-0.4, -0.2) is 33.3 Å². The van der Waals surface area contributed by atoms with Crippen LogP contribution in [0.2, 0.25) is 0 Å². The predicted octanol–water partition coefficient (Wildman–Crippen LogP) is 1.04. The van der Waals surface area contributed by atoms with E-state index >= 15 is 0 Å². The summed E-state index contributed by atoms with van der Waals surface area (Å²) in [6.45, 7) is 2.52. The minimum atomic E-state index is -0.778. The number of hydrogen-bond acceptors (Lipinski definition) is 3. The molecule has 1 amide bonds. The molecule has 1 rings (SSSR count). The van der Waals surface area contributed by atoms with Crippen molar-refractivity contribution in [1.29, 1.82) is 0 Å². The normalized spacial score (nSPS) is 12.1. The Morgan fingerprint density at radius 3 is 2.78 bits per heavy atom. The lowest BCUT2D eigenvalue weighted by Crippen LogP contribution is -2.26. The van der Waals surface area contributed by atoms with Crippen LogP contribution in [0.5, 0.6) is 0 Å². The minimum Gasteiger partial charge on any atom is -0.481 e. The van der Waals surface area contributed by atoms with Crippen LogP contribution in [0.1, 0.15) is 36.7 Å². The summed E-state index contributed by atoms with van der Waals surface area (Å²) in [6, 6.07) is 1.66. The molecule has 1 heterocycles. The first kappa shape index (κ1) is 14.2. The third-order valence-corrected chi connectivity index (χ3v) is 2.72. The minimum absolute atomic E-state index is 0.176. The first-order chi connectivity index (χ1) is 8.49. The monoisotopic (exact) mass is 253 g/mol. The number of aliphatic carboxylic acids is 1. The number of carbonyl (C=O) groups is 2. The van der Waals surface area contributed by atoms with Crippen LogP contribution < -0.4 is 5.32 Å². The van der Waals surface area contributed by atoms with Crippen LogP contribution in [0.3, 0.4) is 0 Å². The zero-order valence-corrected chi connectivity index (χ0v) is 10.7. The van der Waals surface area contributed by atoms with E-state index in [1.54, 1.807) is 24.0 Å². The number of aryl methyl sites for hydroxylation is 1. The molecule has 0 spiro atoms. The zero-order chi connectivity index (χ0) is 13.5. The van der Waals surface area contributed by atoms with Crippen molar-refractivity contribution in [2.24, 2.45) is 13.0 Å². The van der Waals surface area contributed by atoms with Gasteiger partial charge in [-0.2, -0.15) is 5.10 Å². The molecule has 6 nitrogen and oxygen atoms in total. The molecular formula is C12H19N3O3.